The van der Waals surface area contributed by atoms with Gasteiger partial charge in [-0.2, -0.15) is 0 Å². The third kappa shape index (κ3) is 2.55. The Morgan fingerprint density at radius 1 is 1.44 bits per heavy atom. The number of hydrogen-bond donors (Lipinski definition) is 2. The maximum atomic E-state index is 8.82. The van der Waals surface area contributed by atoms with E-state index in [4.69, 9.17) is 10.9 Å². The van der Waals surface area contributed by atoms with Gasteiger partial charge in [-0.3, -0.25) is 0 Å². The largest absolute Gasteiger partial charge is 0.409 e. The SMILES string of the molecule is CN(c1ncccc1/C(N)=N/O)C1CCCCC1. The molecule has 0 spiro atoms. The van der Waals surface area contributed by atoms with Crippen LogP contribution in [-0.2, 0) is 0 Å². The van der Waals surface area contributed by atoms with E-state index in [0.29, 0.717) is 11.6 Å². The Morgan fingerprint density at radius 3 is 2.83 bits per heavy atom. The van der Waals surface area contributed by atoms with Crippen molar-refractivity contribution >= 4 is 11.7 Å². The number of hydrogen-bond acceptors (Lipinski definition) is 4. The van der Waals surface area contributed by atoms with E-state index < -0.39 is 0 Å². The van der Waals surface area contributed by atoms with Crippen LogP contribution in [0.4, 0.5) is 5.82 Å². The summed E-state index contributed by atoms with van der Waals surface area (Å²) in [4.78, 5) is 6.54. The van der Waals surface area contributed by atoms with Gasteiger partial charge in [-0.15, -0.1) is 0 Å². The fourth-order valence-corrected chi connectivity index (χ4v) is 2.57. The molecular formula is C13H20N4O. The molecule has 18 heavy (non-hydrogen) atoms. The van der Waals surface area contributed by atoms with Crippen LogP contribution in [-0.4, -0.2) is 29.1 Å². The quantitative estimate of drug-likeness (QED) is 0.371. The molecule has 1 saturated carbocycles. The molecule has 0 amide bonds. The van der Waals surface area contributed by atoms with Gasteiger partial charge in [-0.05, 0) is 25.0 Å². The van der Waals surface area contributed by atoms with E-state index in [9.17, 15) is 0 Å². The van der Waals surface area contributed by atoms with E-state index >= 15 is 0 Å². The van der Waals surface area contributed by atoms with Crippen molar-refractivity contribution < 1.29 is 5.21 Å². The highest BCUT2D eigenvalue weighted by Gasteiger charge is 2.21. The van der Waals surface area contributed by atoms with Gasteiger partial charge in [0, 0.05) is 19.3 Å². The summed E-state index contributed by atoms with van der Waals surface area (Å²) in [6.45, 7) is 0. The molecule has 3 N–H and O–H groups in total. The molecule has 0 atom stereocenters. The lowest BCUT2D eigenvalue weighted by Gasteiger charge is -2.33. The summed E-state index contributed by atoms with van der Waals surface area (Å²) < 4.78 is 0. The van der Waals surface area contributed by atoms with E-state index in [0.717, 1.165) is 5.82 Å². The Balaban J connectivity index is 2.26. The molecule has 1 aromatic rings. The first-order valence-electron chi connectivity index (χ1n) is 6.39. The number of nitrogens with zero attached hydrogens (tertiary/aromatic N) is 3. The summed E-state index contributed by atoms with van der Waals surface area (Å²) in [6.07, 6.45) is 7.95. The zero-order valence-corrected chi connectivity index (χ0v) is 10.7. The van der Waals surface area contributed by atoms with Crippen molar-refractivity contribution in [2.24, 2.45) is 10.9 Å². The first kappa shape index (κ1) is 12.7. The van der Waals surface area contributed by atoms with Crippen LogP contribution in [0.5, 0.6) is 0 Å². The summed E-state index contributed by atoms with van der Waals surface area (Å²) in [6, 6.07) is 4.13. The molecule has 0 aromatic carbocycles. The Hall–Kier alpha value is -1.78. The molecular weight excluding hydrogens is 228 g/mol. The monoisotopic (exact) mass is 248 g/mol. The minimum absolute atomic E-state index is 0.112. The number of pyridine rings is 1. The minimum atomic E-state index is 0.112. The van der Waals surface area contributed by atoms with Crippen LogP contribution in [0.25, 0.3) is 0 Å². The van der Waals surface area contributed by atoms with Crippen LogP contribution in [0.3, 0.4) is 0 Å². The van der Waals surface area contributed by atoms with Crippen molar-refractivity contribution in [3.8, 4) is 0 Å². The van der Waals surface area contributed by atoms with E-state index in [2.05, 4.69) is 15.0 Å². The molecule has 1 fully saturated rings. The Bertz CT molecular complexity index is 427. The van der Waals surface area contributed by atoms with Gasteiger partial charge in [0.2, 0.25) is 0 Å². The molecule has 0 aliphatic heterocycles. The smallest absolute Gasteiger partial charge is 0.173 e. The van der Waals surface area contributed by atoms with Crippen molar-refractivity contribution in [3.05, 3.63) is 23.9 Å². The predicted octanol–water partition coefficient (Wildman–Crippen LogP) is 1.95. The summed E-state index contributed by atoms with van der Waals surface area (Å²) in [5.74, 6) is 0.903. The first-order valence-corrected chi connectivity index (χ1v) is 6.39. The number of amidine groups is 1. The molecule has 0 unspecified atom stereocenters. The fourth-order valence-electron chi connectivity index (χ4n) is 2.57. The molecule has 0 bridgehead atoms. The average molecular weight is 248 g/mol. The lowest BCUT2D eigenvalue weighted by molar-refractivity contribution is 0.318. The number of oxime groups is 1. The number of rotatable bonds is 3. The molecule has 0 saturated heterocycles. The zero-order valence-electron chi connectivity index (χ0n) is 10.7. The van der Waals surface area contributed by atoms with Gasteiger partial charge >= 0.3 is 0 Å². The number of anilines is 1. The second kappa shape index (κ2) is 5.71. The Kier molecular flexibility index (Phi) is 4.02. The van der Waals surface area contributed by atoms with Crippen molar-refractivity contribution in [2.45, 2.75) is 38.1 Å². The molecule has 5 nitrogen and oxygen atoms in total. The summed E-state index contributed by atoms with van der Waals surface area (Å²) >= 11 is 0. The van der Waals surface area contributed by atoms with E-state index in [1.54, 1.807) is 12.3 Å². The van der Waals surface area contributed by atoms with Crippen molar-refractivity contribution in [3.63, 3.8) is 0 Å². The van der Waals surface area contributed by atoms with Crippen LogP contribution in [0.15, 0.2) is 23.5 Å². The molecule has 1 heterocycles. The molecule has 1 aromatic heterocycles. The minimum Gasteiger partial charge on any atom is -0.409 e. The predicted molar refractivity (Wildman–Crippen MR) is 72.0 cm³/mol. The topological polar surface area (TPSA) is 74.7 Å². The number of aromatic nitrogens is 1. The molecule has 1 aliphatic rings. The van der Waals surface area contributed by atoms with Gasteiger partial charge in [0.25, 0.3) is 0 Å². The van der Waals surface area contributed by atoms with Gasteiger partial charge in [-0.25, -0.2) is 4.98 Å². The van der Waals surface area contributed by atoms with Gasteiger partial charge in [0.1, 0.15) is 5.82 Å². The van der Waals surface area contributed by atoms with Crippen LogP contribution < -0.4 is 10.6 Å². The summed E-state index contributed by atoms with van der Waals surface area (Å²) in [7, 11) is 2.03. The van der Waals surface area contributed by atoms with Crippen molar-refractivity contribution in [2.75, 3.05) is 11.9 Å². The Morgan fingerprint density at radius 2 is 2.17 bits per heavy atom. The molecule has 1 aliphatic carbocycles. The highest BCUT2D eigenvalue weighted by molar-refractivity contribution is 6.01. The van der Waals surface area contributed by atoms with E-state index in [1.165, 1.54) is 32.1 Å². The zero-order chi connectivity index (χ0) is 13.0. The highest BCUT2D eigenvalue weighted by Crippen LogP contribution is 2.26. The van der Waals surface area contributed by atoms with Crippen LogP contribution in [0, 0.1) is 0 Å². The maximum absolute atomic E-state index is 8.82. The lowest BCUT2D eigenvalue weighted by Crippen LogP contribution is -2.35. The summed E-state index contributed by atoms with van der Waals surface area (Å²) in [5.41, 5.74) is 6.38. The highest BCUT2D eigenvalue weighted by atomic mass is 16.4. The van der Waals surface area contributed by atoms with Gasteiger partial charge in [-0.1, -0.05) is 24.4 Å². The Labute approximate surface area is 107 Å². The van der Waals surface area contributed by atoms with Crippen molar-refractivity contribution in [1.29, 1.82) is 0 Å². The first-order chi connectivity index (χ1) is 8.74. The van der Waals surface area contributed by atoms with Gasteiger partial charge in [0.05, 0.1) is 5.56 Å². The van der Waals surface area contributed by atoms with Crippen molar-refractivity contribution in [1.82, 2.24) is 4.98 Å². The second-order valence-corrected chi connectivity index (χ2v) is 4.76. The standard InChI is InChI=1S/C13H20N4O/c1-17(10-6-3-2-4-7-10)13-11(12(14)16-18)8-5-9-15-13/h5,8-10,18H,2-4,6-7H2,1H3,(H2,14,16). The normalized spacial score (nSPS) is 17.7. The molecule has 0 radical (unpaired) electrons. The summed E-state index contributed by atoms with van der Waals surface area (Å²) in [5, 5.41) is 11.9. The van der Waals surface area contributed by atoms with E-state index in [1.807, 2.05) is 13.1 Å². The second-order valence-electron chi connectivity index (χ2n) is 4.76. The average Bonchev–Trinajstić information content (AvgIpc) is 2.46. The third-order valence-electron chi connectivity index (χ3n) is 3.63. The van der Waals surface area contributed by atoms with Gasteiger partial charge < -0.3 is 15.8 Å². The molecule has 98 valence electrons. The molecule has 5 heteroatoms. The van der Waals surface area contributed by atoms with Crippen LogP contribution in [0.1, 0.15) is 37.7 Å². The third-order valence-corrected chi connectivity index (χ3v) is 3.63. The molecule has 2 rings (SSSR count). The van der Waals surface area contributed by atoms with E-state index in [-0.39, 0.29) is 5.84 Å². The van der Waals surface area contributed by atoms with Crippen LogP contribution >= 0.6 is 0 Å². The van der Waals surface area contributed by atoms with Gasteiger partial charge in [0.15, 0.2) is 5.84 Å². The van der Waals surface area contributed by atoms with Crippen LogP contribution in [0.2, 0.25) is 0 Å². The fraction of sp³-hybridized carbons (Fsp3) is 0.538. The number of nitrogens with two attached hydrogens (primary N) is 1. The maximum Gasteiger partial charge on any atom is 0.173 e. The lowest BCUT2D eigenvalue weighted by atomic mass is 9.94.